The summed E-state index contributed by atoms with van der Waals surface area (Å²) in [6.45, 7) is 0. The Morgan fingerprint density at radius 1 is 1.00 bits per heavy atom. The molecular weight excluding hydrogens is 427 g/mol. The van der Waals surface area contributed by atoms with E-state index in [1.807, 2.05) is 0 Å². The number of ether oxygens (including phenoxy) is 1. The van der Waals surface area contributed by atoms with Gasteiger partial charge < -0.3 is 15.4 Å². The molecule has 30 heavy (non-hydrogen) atoms. The molecule has 154 valence electrons. The molecule has 0 radical (unpaired) electrons. The van der Waals surface area contributed by atoms with E-state index in [-0.39, 0.29) is 17.6 Å². The summed E-state index contributed by atoms with van der Waals surface area (Å²) in [5, 5.41) is 7.16. The van der Waals surface area contributed by atoms with Gasteiger partial charge in [0.1, 0.15) is 10.7 Å². The van der Waals surface area contributed by atoms with Gasteiger partial charge in [0.15, 0.2) is 0 Å². The molecule has 0 spiro atoms. The lowest BCUT2D eigenvalue weighted by Gasteiger charge is -2.11. The summed E-state index contributed by atoms with van der Waals surface area (Å²) in [6.07, 6.45) is 0. The normalized spacial score (nSPS) is 10.3. The number of nitrogens with one attached hydrogen (secondary N) is 2. The second-order valence-electron chi connectivity index (χ2n) is 5.95. The van der Waals surface area contributed by atoms with Crippen molar-refractivity contribution in [2.75, 3.05) is 23.5 Å². The standard InChI is InChI=1S/C21H17FN2O4S2/c1-28-21(27)19-16(10-11-29-19)23-18(25)12-30-17-5-3-2-4-15(17)24-20(26)13-6-8-14(22)9-7-13/h2-11H,12H2,1H3,(H,23,25)(H,24,26). The fraction of sp³-hybridized carbons (Fsp3) is 0.0952. The predicted octanol–water partition coefficient (Wildman–Crippen LogP) is 4.66. The molecule has 3 aromatic rings. The van der Waals surface area contributed by atoms with Crippen LogP contribution >= 0.6 is 23.1 Å². The number of anilines is 2. The summed E-state index contributed by atoms with van der Waals surface area (Å²) in [5.74, 6) is -1.55. The largest absolute Gasteiger partial charge is 0.465 e. The number of benzene rings is 2. The molecule has 9 heteroatoms. The fourth-order valence-electron chi connectivity index (χ4n) is 2.48. The van der Waals surface area contributed by atoms with E-state index in [0.29, 0.717) is 26.7 Å². The van der Waals surface area contributed by atoms with Crippen molar-refractivity contribution in [3.8, 4) is 0 Å². The van der Waals surface area contributed by atoms with Crippen LogP contribution in [0, 0.1) is 5.82 Å². The van der Waals surface area contributed by atoms with Gasteiger partial charge in [-0.1, -0.05) is 12.1 Å². The maximum Gasteiger partial charge on any atom is 0.350 e. The van der Waals surface area contributed by atoms with Crippen LogP contribution in [0.15, 0.2) is 64.9 Å². The van der Waals surface area contributed by atoms with Crippen molar-refractivity contribution in [3.05, 3.63) is 76.2 Å². The van der Waals surface area contributed by atoms with E-state index in [1.165, 1.54) is 54.5 Å². The number of carbonyl (C=O) groups excluding carboxylic acids is 3. The number of hydrogen-bond acceptors (Lipinski definition) is 6. The predicted molar refractivity (Wildman–Crippen MR) is 116 cm³/mol. The SMILES string of the molecule is COC(=O)c1sccc1NC(=O)CSc1ccccc1NC(=O)c1ccc(F)cc1. The van der Waals surface area contributed by atoms with Crippen molar-refractivity contribution in [1.82, 2.24) is 0 Å². The molecule has 3 rings (SSSR count). The lowest BCUT2D eigenvalue weighted by Crippen LogP contribution is -2.16. The van der Waals surface area contributed by atoms with E-state index in [0.717, 1.165) is 0 Å². The second-order valence-corrected chi connectivity index (χ2v) is 7.88. The maximum absolute atomic E-state index is 13.0. The molecule has 0 saturated heterocycles. The molecular formula is C21H17FN2O4S2. The number of thiophene rings is 1. The molecule has 0 fully saturated rings. The van der Waals surface area contributed by atoms with E-state index in [4.69, 9.17) is 4.74 Å². The second kappa shape index (κ2) is 10.0. The Morgan fingerprint density at radius 3 is 2.47 bits per heavy atom. The van der Waals surface area contributed by atoms with Crippen LogP contribution < -0.4 is 10.6 Å². The van der Waals surface area contributed by atoms with E-state index < -0.39 is 11.8 Å². The number of thioether (sulfide) groups is 1. The summed E-state index contributed by atoms with van der Waals surface area (Å²) < 4.78 is 17.7. The van der Waals surface area contributed by atoms with Crippen LogP contribution in [0.2, 0.25) is 0 Å². The zero-order valence-electron chi connectivity index (χ0n) is 15.8. The van der Waals surface area contributed by atoms with Gasteiger partial charge in [-0.05, 0) is 47.8 Å². The van der Waals surface area contributed by atoms with Crippen LogP contribution in [0.25, 0.3) is 0 Å². The van der Waals surface area contributed by atoms with Crippen LogP contribution in [-0.2, 0) is 9.53 Å². The van der Waals surface area contributed by atoms with Gasteiger partial charge in [0.05, 0.1) is 24.2 Å². The van der Waals surface area contributed by atoms with Gasteiger partial charge in [-0.25, -0.2) is 9.18 Å². The number of carbonyl (C=O) groups is 3. The van der Waals surface area contributed by atoms with Gasteiger partial charge in [0.2, 0.25) is 5.91 Å². The molecule has 0 unspecified atom stereocenters. The molecule has 1 aromatic heterocycles. The number of rotatable bonds is 7. The van der Waals surface area contributed by atoms with Crippen LogP contribution in [0.5, 0.6) is 0 Å². The Labute approximate surface area is 180 Å². The Hall–Kier alpha value is -3.17. The molecule has 0 aliphatic carbocycles. The highest BCUT2D eigenvalue weighted by molar-refractivity contribution is 8.00. The lowest BCUT2D eigenvalue weighted by atomic mass is 10.2. The minimum atomic E-state index is -0.512. The molecule has 0 aliphatic rings. The first kappa shape index (κ1) is 21.5. The van der Waals surface area contributed by atoms with Crippen molar-refractivity contribution in [3.63, 3.8) is 0 Å². The smallest absolute Gasteiger partial charge is 0.350 e. The average Bonchev–Trinajstić information content (AvgIpc) is 3.21. The number of methoxy groups -OCH3 is 1. The van der Waals surface area contributed by atoms with Gasteiger partial charge in [0, 0.05) is 10.5 Å². The first-order valence-corrected chi connectivity index (χ1v) is 10.6. The lowest BCUT2D eigenvalue weighted by molar-refractivity contribution is -0.113. The molecule has 2 amide bonds. The number of para-hydroxylation sites is 1. The molecule has 0 bridgehead atoms. The number of amides is 2. The summed E-state index contributed by atoms with van der Waals surface area (Å²) in [4.78, 5) is 37.5. The van der Waals surface area contributed by atoms with Crippen molar-refractivity contribution in [2.24, 2.45) is 0 Å². The van der Waals surface area contributed by atoms with Crippen LogP contribution in [0.3, 0.4) is 0 Å². The van der Waals surface area contributed by atoms with Gasteiger partial charge in [-0.2, -0.15) is 0 Å². The third kappa shape index (κ3) is 5.46. The first-order chi connectivity index (χ1) is 14.5. The van der Waals surface area contributed by atoms with Crippen LogP contribution in [0.4, 0.5) is 15.8 Å². The van der Waals surface area contributed by atoms with Crippen LogP contribution in [-0.4, -0.2) is 30.6 Å². The highest BCUT2D eigenvalue weighted by atomic mass is 32.2. The Bertz CT molecular complexity index is 1070. The molecule has 0 saturated carbocycles. The Balaban J connectivity index is 1.63. The number of esters is 1. The van der Waals surface area contributed by atoms with E-state index in [1.54, 1.807) is 35.7 Å². The molecule has 2 aromatic carbocycles. The van der Waals surface area contributed by atoms with Crippen molar-refractivity contribution in [1.29, 1.82) is 0 Å². The highest BCUT2D eigenvalue weighted by Gasteiger charge is 2.16. The van der Waals surface area contributed by atoms with Crippen LogP contribution in [0.1, 0.15) is 20.0 Å². The van der Waals surface area contributed by atoms with Crippen molar-refractivity contribution < 1.29 is 23.5 Å². The van der Waals surface area contributed by atoms with Gasteiger partial charge in [-0.3, -0.25) is 9.59 Å². The monoisotopic (exact) mass is 444 g/mol. The summed E-state index contributed by atoms with van der Waals surface area (Å²) in [5.41, 5.74) is 1.26. The van der Waals surface area contributed by atoms with E-state index >= 15 is 0 Å². The Morgan fingerprint density at radius 2 is 1.73 bits per heavy atom. The minimum Gasteiger partial charge on any atom is -0.465 e. The fourth-order valence-corrected chi connectivity index (χ4v) is 4.05. The molecule has 6 nitrogen and oxygen atoms in total. The topological polar surface area (TPSA) is 84.5 Å². The van der Waals surface area contributed by atoms with E-state index in [9.17, 15) is 18.8 Å². The number of hydrogen-bond donors (Lipinski definition) is 2. The summed E-state index contributed by atoms with van der Waals surface area (Å²) in [7, 11) is 1.28. The first-order valence-electron chi connectivity index (χ1n) is 8.72. The molecule has 0 aliphatic heterocycles. The minimum absolute atomic E-state index is 0.0693. The quantitative estimate of drug-likeness (QED) is 0.409. The highest BCUT2D eigenvalue weighted by Crippen LogP contribution is 2.28. The maximum atomic E-state index is 13.0. The third-order valence-corrected chi connectivity index (χ3v) is 5.88. The Kier molecular flexibility index (Phi) is 7.21. The average molecular weight is 445 g/mol. The molecule has 1 heterocycles. The number of halogens is 1. The summed E-state index contributed by atoms with van der Waals surface area (Å²) in [6, 6.07) is 13.9. The van der Waals surface area contributed by atoms with Crippen molar-refractivity contribution in [2.45, 2.75) is 4.90 Å². The van der Waals surface area contributed by atoms with Gasteiger partial charge >= 0.3 is 5.97 Å². The summed E-state index contributed by atoms with van der Waals surface area (Å²) >= 11 is 2.42. The zero-order valence-corrected chi connectivity index (χ0v) is 17.4. The van der Waals surface area contributed by atoms with Gasteiger partial charge in [-0.15, -0.1) is 23.1 Å². The van der Waals surface area contributed by atoms with Crippen molar-refractivity contribution >= 4 is 52.3 Å². The zero-order chi connectivity index (χ0) is 21.5. The van der Waals surface area contributed by atoms with E-state index in [2.05, 4.69) is 10.6 Å². The van der Waals surface area contributed by atoms with Gasteiger partial charge in [0.25, 0.3) is 5.91 Å². The third-order valence-electron chi connectivity index (χ3n) is 3.91. The molecule has 2 N–H and O–H groups in total. The molecule has 0 atom stereocenters.